The molecule has 1 unspecified atom stereocenters. The zero-order valence-corrected chi connectivity index (χ0v) is 8.54. The maximum atomic E-state index is 2.40. The number of allylic oxidation sites excluding steroid dienone is 8. The van der Waals surface area contributed by atoms with Crippen molar-refractivity contribution in [2.24, 2.45) is 11.8 Å². The largest absolute Gasteiger partial charge is 0.0767 e. The number of rotatable bonds is 1. The Balaban J connectivity index is 2.28. The minimum absolute atomic E-state index is 0.604. The van der Waals surface area contributed by atoms with Gasteiger partial charge in [0, 0.05) is 11.8 Å². The van der Waals surface area contributed by atoms with Crippen LogP contribution in [0.3, 0.4) is 0 Å². The van der Waals surface area contributed by atoms with E-state index in [2.05, 4.69) is 51.2 Å². The first-order valence-electron chi connectivity index (χ1n) is 4.91. The van der Waals surface area contributed by atoms with Gasteiger partial charge in [0.15, 0.2) is 0 Å². The van der Waals surface area contributed by atoms with E-state index in [-0.39, 0.29) is 0 Å². The fourth-order valence-electron chi connectivity index (χ4n) is 2.17. The molecule has 13 heavy (non-hydrogen) atoms. The summed E-state index contributed by atoms with van der Waals surface area (Å²) in [5.74, 6) is 1.22. The van der Waals surface area contributed by atoms with Gasteiger partial charge in [-0.3, -0.25) is 0 Å². The first-order valence-corrected chi connectivity index (χ1v) is 4.91. The fraction of sp³-hybridized carbons (Fsp3) is 0.385. The average molecular weight is 172 g/mol. The Morgan fingerprint density at radius 3 is 2.08 bits per heavy atom. The molecule has 0 aliphatic heterocycles. The minimum atomic E-state index is 0.604. The minimum Gasteiger partial charge on any atom is -0.0767 e. The van der Waals surface area contributed by atoms with Gasteiger partial charge < -0.3 is 0 Å². The van der Waals surface area contributed by atoms with E-state index in [9.17, 15) is 0 Å². The molecule has 0 radical (unpaired) electrons. The lowest BCUT2D eigenvalue weighted by Crippen LogP contribution is -2.06. The third kappa shape index (κ3) is 1.31. The Bertz CT molecular complexity index is 325. The van der Waals surface area contributed by atoms with Crippen molar-refractivity contribution in [1.29, 1.82) is 0 Å². The number of hydrogen-bond donors (Lipinski definition) is 0. The molecule has 0 heteroatoms. The van der Waals surface area contributed by atoms with Crippen molar-refractivity contribution >= 4 is 0 Å². The zero-order valence-electron chi connectivity index (χ0n) is 8.54. The molecule has 68 valence electrons. The fourth-order valence-corrected chi connectivity index (χ4v) is 2.17. The molecule has 0 nitrogen and oxygen atoms in total. The van der Waals surface area contributed by atoms with Crippen LogP contribution in [0, 0.1) is 11.8 Å². The van der Waals surface area contributed by atoms with Gasteiger partial charge in [0.1, 0.15) is 0 Å². The topological polar surface area (TPSA) is 0 Å². The van der Waals surface area contributed by atoms with Crippen LogP contribution in [0.5, 0.6) is 0 Å². The summed E-state index contributed by atoms with van der Waals surface area (Å²) in [6.07, 6.45) is 11.3. The molecule has 0 aromatic carbocycles. The molecule has 0 spiro atoms. The van der Waals surface area contributed by atoms with Crippen LogP contribution >= 0.6 is 0 Å². The molecule has 0 fully saturated rings. The van der Waals surface area contributed by atoms with Gasteiger partial charge in [-0.1, -0.05) is 41.5 Å². The Hall–Kier alpha value is -1.04. The van der Waals surface area contributed by atoms with Crippen LogP contribution in [-0.2, 0) is 0 Å². The lowest BCUT2D eigenvalue weighted by molar-refractivity contribution is 0.652. The predicted octanol–water partition coefficient (Wildman–Crippen LogP) is 3.64. The second-order valence-electron chi connectivity index (χ2n) is 4.03. The number of hydrogen-bond acceptors (Lipinski definition) is 0. The third-order valence-electron chi connectivity index (χ3n) is 3.31. The molecule has 0 aromatic rings. The van der Waals surface area contributed by atoms with Gasteiger partial charge in [0.2, 0.25) is 0 Å². The van der Waals surface area contributed by atoms with Gasteiger partial charge in [-0.25, -0.2) is 0 Å². The highest BCUT2D eigenvalue weighted by Crippen LogP contribution is 2.37. The highest BCUT2D eigenvalue weighted by atomic mass is 14.3. The van der Waals surface area contributed by atoms with Crippen molar-refractivity contribution in [1.82, 2.24) is 0 Å². The van der Waals surface area contributed by atoms with E-state index in [1.165, 1.54) is 11.1 Å². The first-order chi connectivity index (χ1) is 6.20. The molecule has 0 bridgehead atoms. The normalized spacial score (nSPS) is 27.6. The van der Waals surface area contributed by atoms with E-state index in [1.807, 2.05) is 0 Å². The Labute approximate surface area is 80.3 Å². The first kappa shape index (κ1) is 8.55. The summed E-state index contributed by atoms with van der Waals surface area (Å²) in [5.41, 5.74) is 4.48. The van der Waals surface area contributed by atoms with Crippen LogP contribution in [0.15, 0.2) is 47.1 Å². The Morgan fingerprint density at radius 2 is 1.62 bits per heavy atom. The summed E-state index contributed by atoms with van der Waals surface area (Å²) in [6.45, 7) is 6.69. The summed E-state index contributed by atoms with van der Waals surface area (Å²) in [5, 5.41) is 0. The molecule has 0 amide bonds. The van der Waals surface area contributed by atoms with Gasteiger partial charge in [-0.2, -0.15) is 0 Å². The van der Waals surface area contributed by atoms with E-state index >= 15 is 0 Å². The van der Waals surface area contributed by atoms with Gasteiger partial charge in [0.05, 0.1) is 0 Å². The van der Waals surface area contributed by atoms with Gasteiger partial charge in [-0.05, 0) is 26.3 Å². The van der Waals surface area contributed by atoms with Crippen molar-refractivity contribution in [3.8, 4) is 0 Å². The molecule has 2 aliphatic carbocycles. The second kappa shape index (κ2) is 3.02. The van der Waals surface area contributed by atoms with Crippen molar-refractivity contribution in [3.63, 3.8) is 0 Å². The highest BCUT2D eigenvalue weighted by Gasteiger charge is 2.24. The van der Waals surface area contributed by atoms with Crippen LogP contribution < -0.4 is 0 Å². The summed E-state index contributed by atoms with van der Waals surface area (Å²) < 4.78 is 0. The molecule has 0 aromatic heterocycles. The van der Waals surface area contributed by atoms with Crippen molar-refractivity contribution in [2.45, 2.75) is 20.8 Å². The molecule has 2 aliphatic rings. The Kier molecular flexibility index (Phi) is 1.99. The van der Waals surface area contributed by atoms with E-state index in [0.717, 1.165) is 0 Å². The SMILES string of the molecule is CC1=CC(C2C=CC=C2)C(C)=C1C. The second-order valence-corrected chi connectivity index (χ2v) is 4.03. The van der Waals surface area contributed by atoms with Crippen LogP contribution in [-0.4, -0.2) is 0 Å². The summed E-state index contributed by atoms with van der Waals surface area (Å²) in [4.78, 5) is 0. The van der Waals surface area contributed by atoms with Crippen LogP contribution in [0.1, 0.15) is 20.8 Å². The van der Waals surface area contributed by atoms with E-state index in [0.29, 0.717) is 11.8 Å². The summed E-state index contributed by atoms with van der Waals surface area (Å²) in [7, 11) is 0. The van der Waals surface area contributed by atoms with E-state index < -0.39 is 0 Å². The van der Waals surface area contributed by atoms with E-state index in [1.54, 1.807) is 5.57 Å². The van der Waals surface area contributed by atoms with Crippen LogP contribution in [0.4, 0.5) is 0 Å². The van der Waals surface area contributed by atoms with Crippen molar-refractivity contribution < 1.29 is 0 Å². The molecule has 2 rings (SSSR count). The molecule has 0 N–H and O–H groups in total. The van der Waals surface area contributed by atoms with Crippen LogP contribution in [0.2, 0.25) is 0 Å². The van der Waals surface area contributed by atoms with Crippen molar-refractivity contribution in [3.05, 3.63) is 47.1 Å². The van der Waals surface area contributed by atoms with Gasteiger partial charge >= 0.3 is 0 Å². The maximum Gasteiger partial charge on any atom is 0.00834 e. The predicted molar refractivity (Wildman–Crippen MR) is 57.4 cm³/mol. The Morgan fingerprint density at radius 1 is 1.00 bits per heavy atom. The summed E-state index contributed by atoms with van der Waals surface area (Å²) >= 11 is 0. The van der Waals surface area contributed by atoms with Gasteiger partial charge in [-0.15, -0.1) is 0 Å². The maximum absolute atomic E-state index is 2.40. The smallest absolute Gasteiger partial charge is 0.00834 e. The van der Waals surface area contributed by atoms with E-state index in [4.69, 9.17) is 0 Å². The summed E-state index contributed by atoms with van der Waals surface area (Å²) in [6, 6.07) is 0. The van der Waals surface area contributed by atoms with Gasteiger partial charge in [0.25, 0.3) is 0 Å². The molecular weight excluding hydrogens is 156 g/mol. The average Bonchev–Trinajstić information content (AvgIpc) is 2.70. The molecular formula is C13H16. The third-order valence-corrected chi connectivity index (χ3v) is 3.31. The standard InChI is InChI=1S/C13H16/c1-9-8-13(11(3)10(9)2)12-6-4-5-7-12/h4-8,12-13H,1-3H3. The molecule has 0 heterocycles. The zero-order chi connectivity index (χ0) is 9.42. The lowest BCUT2D eigenvalue weighted by Gasteiger charge is -2.15. The highest BCUT2D eigenvalue weighted by molar-refractivity contribution is 5.44. The quantitative estimate of drug-likeness (QED) is 0.566. The molecule has 0 saturated heterocycles. The van der Waals surface area contributed by atoms with Crippen molar-refractivity contribution in [2.75, 3.05) is 0 Å². The van der Waals surface area contributed by atoms with Crippen LogP contribution in [0.25, 0.3) is 0 Å². The molecule has 1 atom stereocenters. The monoisotopic (exact) mass is 172 g/mol. The molecule has 0 saturated carbocycles. The lowest BCUT2D eigenvalue weighted by atomic mass is 9.89.